The van der Waals surface area contributed by atoms with E-state index in [9.17, 15) is 0 Å². The van der Waals surface area contributed by atoms with Gasteiger partial charge in [-0.05, 0) is 39.0 Å². The van der Waals surface area contributed by atoms with E-state index in [0.717, 1.165) is 31.7 Å². The van der Waals surface area contributed by atoms with Crippen molar-refractivity contribution in [3.05, 3.63) is 11.6 Å². The van der Waals surface area contributed by atoms with E-state index >= 15 is 0 Å². The fraction of sp³-hybridized carbons (Fsp3) is 0.846. The highest BCUT2D eigenvalue weighted by molar-refractivity contribution is 4.98. The zero-order chi connectivity index (χ0) is 10.7. The molecule has 0 N–H and O–H groups in total. The summed E-state index contributed by atoms with van der Waals surface area (Å²) >= 11 is 0. The molecule has 2 heteroatoms. The van der Waals surface area contributed by atoms with Crippen molar-refractivity contribution in [2.75, 3.05) is 26.3 Å². The van der Waals surface area contributed by atoms with Crippen LogP contribution < -0.4 is 0 Å². The van der Waals surface area contributed by atoms with Crippen LogP contribution in [-0.2, 0) is 4.74 Å². The van der Waals surface area contributed by atoms with Gasteiger partial charge in [0.05, 0.1) is 6.61 Å². The molecule has 0 bridgehead atoms. The van der Waals surface area contributed by atoms with E-state index in [1.165, 1.54) is 31.4 Å². The predicted octanol–water partition coefficient (Wildman–Crippen LogP) is 2.45. The summed E-state index contributed by atoms with van der Waals surface area (Å²) in [7, 11) is 0. The van der Waals surface area contributed by atoms with Crippen molar-refractivity contribution in [2.45, 2.75) is 39.2 Å². The molecule has 1 saturated carbocycles. The Balaban J connectivity index is 1.80. The Labute approximate surface area is 93.3 Å². The molecule has 2 fully saturated rings. The Hall–Kier alpha value is -0.340. The highest BCUT2D eigenvalue weighted by Gasteiger charge is 2.30. The molecule has 15 heavy (non-hydrogen) atoms. The average Bonchev–Trinajstić information content (AvgIpc) is 2.91. The van der Waals surface area contributed by atoms with Crippen LogP contribution >= 0.6 is 0 Å². The summed E-state index contributed by atoms with van der Waals surface area (Å²) < 4.78 is 5.44. The molecular formula is C13H23NO. The van der Waals surface area contributed by atoms with Gasteiger partial charge in [-0.3, -0.25) is 4.90 Å². The van der Waals surface area contributed by atoms with E-state index in [2.05, 4.69) is 24.8 Å². The molecule has 2 nitrogen and oxygen atoms in total. The van der Waals surface area contributed by atoms with E-state index in [-0.39, 0.29) is 0 Å². The van der Waals surface area contributed by atoms with Crippen molar-refractivity contribution < 1.29 is 4.74 Å². The van der Waals surface area contributed by atoms with E-state index in [0.29, 0.717) is 0 Å². The largest absolute Gasteiger partial charge is 0.381 e. The third-order valence-corrected chi connectivity index (χ3v) is 3.31. The average molecular weight is 209 g/mol. The molecule has 0 unspecified atom stereocenters. The smallest absolute Gasteiger partial charge is 0.0507 e. The molecule has 0 aromatic rings. The molecular weight excluding hydrogens is 186 g/mol. The minimum atomic E-state index is 0.788. The van der Waals surface area contributed by atoms with Gasteiger partial charge in [-0.1, -0.05) is 11.6 Å². The monoisotopic (exact) mass is 209 g/mol. The molecule has 2 aliphatic rings. The fourth-order valence-electron chi connectivity index (χ4n) is 2.17. The van der Waals surface area contributed by atoms with Gasteiger partial charge in [-0.2, -0.15) is 0 Å². The summed E-state index contributed by atoms with van der Waals surface area (Å²) in [4.78, 5) is 2.65. The SMILES string of the molecule is CC(C)=CCN(C[C@@H]1CCOC1)C1CC1. The predicted molar refractivity (Wildman–Crippen MR) is 63.0 cm³/mol. The normalized spacial score (nSPS) is 25.9. The Kier molecular flexibility index (Phi) is 3.81. The van der Waals surface area contributed by atoms with Crippen LogP contribution in [0.3, 0.4) is 0 Å². The van der Waals surface area contributed by atoms with Crippen molar-refractivity contribution in [3.63, 3.8) is 0 Å². The standard InChI is InChI=1S/C13H23NO/c1-11(2)5-7-14(13-3-4-13)9-12-6-8-15-10-12/h5,12-13H,3-4,6-10H2,1-2H3/t12-/m0/s1. The molecule has 1 saturated heterocycles. The summed E-state index contributed by atoms with van der Waals surface area (Å²) in [6.45, 7) is 8.72. The summed E-state index contributed by atoms with van der Waals surface area (Å²) in [5, 5.41) is 0. The van der Waals surface area contributed by atoms with E-state index < -0.39 is 0 Å². The topological polar surface area (TPSA) is 12.5 Å². The van der Waals surface area contributed by atoms with Gasteiger partial charge < -0.3 is 4.74 Å². The van der Waals surface area contributed by atoms with E-state index in [4.69, 9.17) is 4.74 Å². The van der Waals surface area contributed by atoms with Gasteiger partial charge in [0.1, 0.15) is 0 Å². The first-order chi connectivity index (χ1) is 7.25. The fourth-order valence-corrected chi connectivity index (χ4v) is 2.17. The van der Waals surface area contributed by atoms with Gasteiger partial charge in [0, 0.05) is 25.7 Å². The minimum absolute atomic E-state index is 0.788. The highest BCUT2D eigenvalue weighted by Crippen LogP contribution is 2.28. The van der Waals surface area contributed by atoms with Crippen molar-refractivity contribution >= 4 is 0 Å². The number of hydrogen-bond donors (Lipinski definition) is 0. The molecule has 0 radical (unpaired) electrons. The summed E-state index contributed by atoms with van der Waals surface area (Å²) in [6.07, 6.45) is 6.43. The number of nitrogens with zero attached hydrogens (tertiary/aromatic N) is 1. The number of ether oxygens (including phenoxy) is 1. The summed E-state index contributed by atoms with van der Waals surface area (Å²) in [6, 6.07) is 0.876. The van der Waals surface area contributed by atoms with Crippen molar-refractivity contribution in [1.82, 2.24) is 4.90 Å². The zero-order valence-corrected chi connectivity index (χ0v) is 10.0. The van der Waals surface area contributed by atoms with Crippen LogP contribution in [0.15, 0.2) is 11.6 Å². The first-order valence-corrected chi connectivity index (χ1v) is 6.21. The second-order valence-electron chi connectivity index (χ2n) is 5.20. The molecule has 0 spiro atoms. The molecule has 1 aliphatic carbocycles. The number of hydrogen-bond acceptors (Lipinski definition) is 2. The second-order valence-corrected chi connectivity index (χ2v) is 5.20. The maximum absolute atomic E-state index is 5.44. The lowest BCUT2D eigenvalue weighted by Crippen LogP contribution is -2.32. The van der Waals surface area contributed by atoms with Crippen LogP contribution in [-0.4, -0.2) is 37.2 Å². The lowest BCUT2D eigenvalue weighted by Gasteiger charge is -2.23. The van der Waals surface area contributed by atoms with Crippen LogP contribution in [0.4, 0.5) is 0 Å². The molecule has 1 atom stereocenters. The van der Waals surface area contributed by atoms with Gasteiger partial charge in [0.15, 0.2) is 0 Å². The lowest BCUT2D eigenvalue weighted by atomic mass is 10.1. The highest BCUT2D eigenvalue weighted by atomic mass is 16.5. The second kappa shape index (κ2) is 5.13. The molecule has 0 aromatic heterocycles. The quantitative estimate of drug-likeness (QED) is 0.645. The van der Waals surface area contributed by atoms with Crippen LogP contribution in [0.25, 0.3) is 0 Å². The molecule has 1 aliphatic heterocycles. The molecule has 1 heterocycles. The molecule has 2 rings (SSSR count). The van der Waals surface area contributed by atoms with Gasteiger partial charge in [0.25, 0.3) is 0 Å². The summed E-state index contributed by atoms with van der Waals surface area (Å²) in [5.74, 6) is 0.788. The zero-order valence-electron chi connectivity index (χ0n) is 10.0. The van der Waals surface area contributed by atoms with E-state index in [1.54, 1.807) is 0 Å². The summed E-state index contributed by atoms with van der Waals surface area (Å²) in [5.41, 5.74) is 1.43. The van der Waals surface area contributed by atoms with Crippen molar-refractivity contribution in [2.24, 2.45) is 5.92 Å². The van der Waals surface area contributed by atoms with Crippen molar-refractivity contribution in [1.29, 1.82) is 0 Å². The maximum Gasteiger partial charge on any atom is 0.0507 e. The Morgan fingerprint density at radius 3 is 2.67 bits per heavy atom. The van der Waals surface area contributed by atoms with Crippen LogP contribution in [0.1, 0.15) is 33.1 Å². The van der Waals surface area contributed by atoms with Crippen LogP contribution in [0, 0.1) is 5.92 Å². The van der Waals surface area contributed by atoms with Gasteiger partial charge >= 0.3 is 0 Å². The number of allylic oxidation sites excluding steroid dienone is 1. The number of rotatable bonds is 5. The first-order valence-electron chi connectivity index (χ1n) is 6.21. The minimum Gasteiger partial charge on any atom is -0.381 e. The van der Waals surface area contributed by atoms with Crippen LogP contribution in [0.5, 0.6) is 0 Å². The Morgan fingerprint density at radius 1 is 1.33 bits per heavy atom. The molecule has 0 amide bonds. The van der Waals surface area contributed by atoms with E-state index in [1.807, 2.05) is 0 Å². The lowest BCUT2D eigenvalue weighted by molar-refractivity contribution is 0.168. The Bertz CT molecular complexity index is 223. The Morgan fingerprint density at radius 2 is 2.13 bits per heavy atom. The third-order valence-electron chi connectivity index (χ3n) is 3.31. The van der Waals surface area contributed by atoms with Crippen LogP contribution in [0.2, 0.25) is 0 Å². The van der Waals surface area contributed by atoms with Gasteiger partial charge in [-0.15, -0.1) is 0 Å². The van der Waals surface area contributed by atoms with Gasteiger partial charge in [-0.25, -0.2) is 0 Å². The maximum atomic E-state index is 5.44. The third kappa shape index (κ3) is 3.62. The molecule has 86 valence electrons. The molecule has 0 aromatic carbocycles. The first kappa shape index (κ1) is 11.2. The van der Waals surface area contributed by atoms with Crippen molar-refractivity contribution in [3.8, 4) is 0 Å². The van der Waals surface area contributed by atoms with Gasteiger partial charge in [0.2, 0.25) is 0 Å².